The highest BCUT2D eigenvalue weighted by Gasteiger charge is 2.44. The summed E-state index contributed by atoms with van der Waals surface area (Å²) < 4.78 is 11.2. The summed E-state index contributed by atoms with van der Waals surface area (Å²) >= 11 is 0. The zero-order valence-corrected chi connectivity index (χ0v) is 35.2. The Balaban J connectivity index is 2.32. The monoisotopic (exact) mass is 780 g/mol. The maximum absolute atomic E-state index is 12.9. The molecule has 0 bridgehead atoms. The Morgan fingerprint density at radius 3 is 1.53 bits per heavy atom. The molecule has 9 nitrogen and oxygen atoms in total. The molecule has 1 aliphatic heterocycles. The third kappa shape index (κ3) is 27.6. The highest BCUT2D eigenvalue weighted by atomic mass is 16.7. The van der Waals surface area contributed by atoms with E-state index >= 15 is 0 Å². The van der Waals surface area contributed by atoms with Crippen molar-refractivity contribution in [3.63, 3.8) is 0 Å². The van der Waals surface area contributed by atoms with E-state index in [4.69, 9.17) is 9.47 Å². The van der Waals surface area contributed by atoms with Crippen molar-refractivity contribution < 1.29 is 39.8 Å². The molecule has 9 heteroatoms. The highest BCUT2D eigenvalue weighted by Crippen LogP contribution is 2.22. The second kappa shape index (κ2) is 36.7. The fourth-order valence-corrected chi connectivity index (χ4v) is 6.99. The highest BCUT2D eigenvalue weighted by molar-refractivity contribution is 5.76. The SMILES string of the molecule is CCCCCCC/C=C/CC/C=C/C(O)C(COC1OC(CO)C(O)C(O)C1O)NC(=O)CCCCCCCCC/C=C\CCCCCCCCCCCC. The van der Waals surface area contributed by atoms with Crippen LogP contribution in [0.1, 0.15) is 194 Å². The van der Waals surface area contributed by atoms with Gasteiger partial charge in [0, 0.05) is 6.42 Å². The van der Waals surface area contributed by atoms with Gasteiger partial charge in [0.25, 0.3) is 0 Å². The van der Waals surface area contributed by atoms with Crippen molar-refractivity contribution >= 4 is 5.91 Å². The van der Waals surface area contributed by atoms with Crippen LogP contribution in [0.3, 0.4) is 0 Å². The summed E-state index contributed by atoms with van der Waals surface area (Å²) in [6.07, 6.45) is 37.7. The zero-order chi connectivity index (χ0) is 40.2. The molecule has 322 valence electrons. The average Bonchev–Trinajstić information content (AvgIpc) is 3.18. The number of hydrogen-bond acceptors (Lipinski definition) is 8. The Morgan fingerprint density at radius 2 is 1.04 bits per heavy atom. The Labute approximate surface area is 336 Å². The molecule has 7 unspecified atom stereocenters. The smallest absolute Gasteiger partial charge is 0.220 e. The van der Waals surface area contributed by atoms with Gasteiger partial charge in [0.1, 0.15) is 24.4 Å². The number of hydrogen-bond donors (Lipinski definition) is 6. The van der Waals surface area contributed by atoms with E-state index in [9.17, 15) is 30.3 Å². The fraction of sp³-hybridized carbons (Fsp3) is 0.848. The zero-order valence-electron chi connectivity index (χ0n) is 35.2. The van der Waals surface area contributed by atoms with Crippen LogP contribution < -0.4 is 5.32 Å². The van der Waals surface area contributed by atoms with Gasteiger partial charge in [-0.15, -0.1) is 0 Å². The molecule has 1 fully saturated rings. The number of nitrogens with one attached hydrogen (secondary N) is 1. The van der Waals surface area contributed by atoms with Crippen molar-refractivity contribution in [2.45, 2.75) is 236 Å². The Bertz CT molecular complexity index is 956. The van der Waals surface area contributed by atoms with Crippen molar-refractivity contribution in [1.82, 2.24) is 5.32 Å². The van der Waals surface area contributed by atoms with E-state index in [-0.39, 0.29) is 12.5 Å². The first kappa shape index (κ1) is 51.4. The molecule has 7 atom stereocenters. The molecular weight excluding hydrogens is 695 g/mol. The summed E-state index contributed by atoms with van der Waals surface area (Å²) in [7, 11) is 0. The Kier molecular flexibility index (Phi) is 34.3. The van der Waals surface area contributed by atoms with E-state index in [0.29, 0.717) is 6.42 Å². The lowest BCUT2D eigenvalue weighted by molar-refractivity contribution is -0.302. The van der Waals surface area contributed by atoms with Crippen molar-refractivity contribution in [3.05, 3.63) is 36.5 Å². The van der Waals surface area contributed by atoms with Crippen LogP contribution in [0.25, 0.3) is 0 Å². The molecule has 0 aromatic heterocycles. The number of unbranched alkanes of at least 4 members (excludes halogenated alkanes) is 23. The minimum Gasteiger partial charge on any atom is -0.394 e. The minimum absolute atomic E-state index is 0.193. The molecule has 1 aliphatic rings. The molecule has 1 saturated heterocycles. The van der Waals surface area contributed by atoms with Gasteiger partial charge in [-0.3, -0.25) is 4.79 Å². The van der Waals surface area contributed by atoms with Crippen LogP contribution in [0.4, 0.5) is 0 Å². The average molecular weight is 780 g/mol. The molecule has 0 aromatic rings. The van der Waals surface area contributed by atoms with Crippen LogP contribution in [-0.2, 0) is 14.3 Å². The second-order valence-electron chi connectivity index (χ2n) is 15.8. The van der Waals surface area contributed by atoms with Crippen LogP contribution in [0.5, 0.6) is 0 Å². The quantitative estimate of drug-likeness (QED) is 0.0270. The molecule has 6 N–H and O–H groups in total. The van der Waals surface area contributed by atoms with E-state index in [2.05, 4.69) is 43.5 Å². The van der Waals surface area contributed by atoms with Crippen LogP contribution >= 0.6 is 0 Å². The van der Waals surface area contributed by atoms with Gasteiger partial charge in [0.15, 0.2) is 6.29 Å². The van der Waals surface area contributed by atoms with Crippen LogP contribution in [-0.4, -0.2) is 87.5 Å². The van der Waals surface area contributed by atoms with Crippen LogP contribution in [0, 0.1) is 0 Å². The Morgan fingerprint density at radius 1 is 0.600 bits per heavy atom. The molecule has 1 rings (SSSR count). The minimum atomic E-state index is -1.57. The van der Waals surface area contributed by atoms with Crippen molar-refractivity contribution in [3.8, 4) is 0 Å². The molecule has 0 aliphatic carbocycles. The van der Waals surface area contributed by atoms with E-state index < -0.39 is 49.5 Å². The number of aliphatic hydroxyl groups excluding tert-OH is 5. The summed E-state index contributed by atoms with van der Waals surface area (Å²) in [6.45, 7) is 3.72. The number of rotatable bonds is 37. The first-order chi connectivity index (χ1) is 26.8. The number of carbonyl (C=O) groups excluding carboxylic acids is 1. The molecule has 0 spiro atoms. The number of allylic oxidation sites excluding steroid dienone is 5. The second-order valence-corrected chi connectivity index (χ2v) is 15.8. The van der Waals surface area contributed by atoms with Gasteiger partial charge in [-0.05, 0) is 57.8 Å². The first-order valence-corrected chi connectivity index (χ1v) is 22.7. The van der Waals surface area contributed by atoms with Crippen LogP contribution in [0.15, 0.2) is 36.5 Å². The van der Waals surface area contributed by atoms with E-state index in [1.165, 1.54) is 122 Å². The normalized spacial score (nSPS) is 21.6. The van der Waals surface area contributed by atoms with Gasteiger partial charge in [-0.1, -0.05) is 166 Å². The lowest BCUT2D eigenvalue weighted by Gasteiger charge is -2.40. The van der Waals surface area contributed by atoms with Gasteiger partial charge >= 0.3 is 0 Å². The molecule has 1 heterocycles. The molecule has 0 saturated carbocycles. The van der Waals surface area contributed by atoms with Crippen molar-refractivity contribution in [1.29, 1.82) is 0 Å². The van der Waals surface area contributed by atoms with E-state index in [1.807, 2.05) is 6.08 Å². The molecule has 0 radical (unpaired) electrons. The van der Waals surface area contributed by atoms with Crippen LogP contribution in [0.2, 0.25) is 0 Å². The lowest BCUT2D eigenvalue weighted by Crippen LogP contribution is -2.60. The van der Waals surface area contributed by atoms with Crippen molar-refractivity contribution in [2.24, 2.45) is 0 Å². The lowest BCUT2D eigenvalue weighted by atomic mass is 9.99. The van der Waals surface area contributed by atoms with E-state index in [0.717, 1.165) is 51.4 Å². The number of aliphatic hydroxyl groups is 5. The summed E-state index contributed by atoms with van der Waals surface area (Å²) in [5.41, 5.74) is 0. The van der Waals surface area contributed by atoms with E-state index in [1.54, 1.807) is 6.08 Å². The molecule has 1 amide bonds. The van der Waals surface area contributed by atoms with Gasteiger partial charge in [0.05, 0.1) is 25.4 Å². The maximum Gasteiger partial charge on any atom is 0.220 e. The fourth-order valence-electron chi connectivity index (χ4n) is 6.99. The largest absolute Gasteiger partial charge is 0.394 e. The summed E-state index contributed by atoms with van der Waals surface area (Å²) in [5.74, 6) is -0.193. The third-order valence-corrected chi connectivity index (χ3v) is 10.7. The maximum atomic E-state index is 12.9. The predicted octanol–water partition coefficient (Wildman–Crippen LogP) is 9.28. The molecule has 0 aromatic carbocycles. The topological polar surface area (TPSA) is 149 Å². The molecular formula is C46H85NO8. The van der Waals surface area contributed by atoms with Gasteiger partial charge < -0.3 is 40.3 Å². The number of amides is 1. The van der Waals surface area contributed by atoms with Gasteiger partial charge in [-0.2, -0.15) is 0 Å². The third-order valence-electron chi connectivity index (χ3n) is 10.7. The standard InChI is InChI=1S/C46H85NO8/c1-3-5-7-9-11-13-15-16-17-18-19-20-21-22-23-24-26-28-30-32-34-36-42(50)47-39(38-54-46-45(53)44(52)43(51)41(37-48)55-46)40(49)35-33-31-29-27-25-14-12-10-8-6-4-2/h20-21,25,27,33,35,39-41,43-46,48-49,51-53H,3-19,22-24,26,28-32,34,36-38H2,1-2H3,(H,47,50)/b21-20-,27-25+,35-33+. The predicted molar refractivity (Wildman–Crippen MR) is 226 cm³/mol. The summed E-state index contributed by atoms with van der Waals surface area (Å²) in [5, 5.41) is 54.0. The summed E-state index contributed by atoms with van der Waals surface area (Å²) in [4.78, 5) is 12.9. The molecule has 55 heavy (non-hydrogen) atoms. The van der Waals surface area contributed by atoms with Crippen molar-refractivity contribution in [2.75, 3.05) is 13.2 Å². The van der Waals surface area contributed by atoms with Gasteiger partial charge in [0.2, 0.25) is 5.91 Å². The summed E-state index contributed by atoms with van der Waals surface area (Å²) in [6, 6.07) is -0.821. The first-order valence-electron chi connectivity index (χ1n) is 22.7. The number of carbonyl (C=O) groups is 1. The Hall–Kier alpha value is -1.59. The number of ether oxygens (including phenoxy) is 2. The van der Waals surface area contributed by atoms with Gasteiger partial charge in [-0.25, -0.2) is 0 Å².